The number of amides is 2. The summed E-state index contributed by atoms with van der Waals surface area (Å²) in [6.45, 7) is 5.59. The minimum atomic E-state index is -0.578. The van der Waals surface area contributed by atoms with E-state index in [1.165, 1.54) is 135 Å². The van der Waals surface area contributed by atoms with Crippen LogP contribution in [0.15, 0.2) is 17.1 Å². The first-order valence-corrected chi connectivity index (χ1v) is 20.6. The number of hydrogen-bond donors (Lipinski definition) is 3. The highest BCUT2D eigenvalue weighted by Crippen LogP contribution is 2.13. The lowest BCUT2D eigenvalue weighted by Crippen LogP contribution is -2.47. The Balaban J connectivity index is 4.12. The SMILES string of the molecule is CCCCCCCC/C=C\CCCCCCCC(=O)N[C@@H](CCN=C(N)N(C)C)C(=O)NCCCCCCCCCCCCCCCC. The van der Waals surface area contributed by atoms with Crippen molar-refractivity contribution in [2.75, 3.05) is 27.2 Å². The van der Waals surface area contributed by atoms with Gasteiger partial charge in [-0.3, -0.25) is 14.6 Å². The molecule has 0 unspecified atom stereocenters. The van der Waals surface area contributed by atoms with Crippen molar-refractivity contribution in [1.82, 2.24) is 15.5 Å². The number of rotatable bonds is 35. The summed E-state index contributed by atoms with van der Waals surface area (Å²) in [6, 6.07) is -0.578. The number of guanidine groups is 1. The van der Waals surface area contributed by atoms with Crippen LogP contribution in [0.2, 0.25) is 0 Å². The molecule has 0 bridgehead atoms. The average Bonchev–Trinajstić information content (AvgIpc) is 3.07. The largest absolute Gasteiger partial charge is 0.370 e. The fourth-order valence-electron chi connectivity index (χ4n) is 6.00. The first-order valence-electron chi connectivity index (χ1n) is 20.6. The van der Waals surface area contributed by atoms with Crippen molar-refractivity contribution in [2.24, 2.45) is 10.7 Å². The average molecular weight is 676 g/mol. The molecule has 0 rings (SSSR count). The molecule has 0 aromatic carbocycles. The summed E-state index contributed by atoms with van der Waals surface area (Å²) in [5, 5.41) is 6.05. The number of hydrogen-bond acceptors (Lipinski definition) is 3. The lowest BCUT2D eigenvalue weighted by Gasteiger charge is -2.18. The zero-order valence-corrected chi connectivity index (χ0v) is 32.4. The zero-order valence-electron chi connectivity index (χ0n) is 32.4. The molecule has 0 fully saturated rings. The van der Waals surface area contributed by atoms with Crippen molar-refractivity contribution in [3.8, 4) is 0 Å². The minimum absolute atomic E-state index is 0.0474. The van der Waals surface area contributed by atoms with Gasteiger partial charge in [-0.2, -0.15) is 0 Å². The van der Waals surface area contributed by atoms with E-state index in [1.54, 1.807) is 4.90 Å². The van der Waals surface area contributed by atoms with Crippen LogP contribution < -0.4 is 16.4 Å². The Morgan fingerprint density at radius 2 is 1.04 bits per heavy atom. The number of nitrogens with zero attached hydrogens (tertiary/aromatic N) is 2. The standard InChI is InChI=1S/C41H81N5O2/c1-5-7-9-11-13-15-17-19-21-22-24-26-28-30-32-34-39(47)45-38(35-37-44-41(42)46(3)4)40(48)43-36-33-31-29-27-25-23-20-18-16-14-12-10-8-6-2/h19,21,38H,5-18,20,22-37H2,1-4H3,(H2,42,44)(H,43,48)(H,45,47)/b21-19-/t38-/m0/s1. The molecule has 0 aliphatic rings. The van der Waals surface area contributed by atoms with Gasteiger partial charge >= 0.3 is 0 Å². The molecule has 1 atom stereocenters. The van der Waals surface area contributed by atoms with Crippen LogP contribution in [0.4, 0.5) is 0 Å². The van der Waals surface area contributed by atoms with E-state index in [-0.39, 0.29) is 11.8 Å². The molecule has 7 nitrogen and oxygen atoms in total. The quantitative estimate of drug-likeness (QED) is 0.0269. The van der Waals surface area contributed by atoms with Gasteiger partial charge in [0.25, 0.3) is 0 Å². The van der Waals surface area contributed by atoms with Crippen molar-refractivity contribution in [2.45, 2.75) is 206 Å². The smallest absolute Gasteiger partial charge is 0.242 e. The number of carbonyl (C=O) groups is 2. The van der Waals surface area contributed by atoms with Crippen molar-refractivity contribution < 1.29 is 9.59 Å². The van der Waals surface area contributed by atoms with Gasteiger partial charge in [-0.25, -0.2) is 0 Å². The van der Waals surface area contributed by atoms with E-state index in [9.17, 15) is 9.59 Å². The van der Waals surface area contributed by atoms with Crippen molar-refractivity contribution in [3.63, 3.8) is 0 Å². The Morgan fingerprint density at radius 1 is 0.625 bits per heavy atom. The second-order valence-corrected chi connectivity index (χ2v) is 14.3. The maximum atomic E-state index is 13.0. The summed E-state index contributed by atoms with van der Waals surface area (Å²) in [7, 11) is 3.69. The van der Waals surface area contributed by atoms with Crippen LogP contribution in [-0.4, -0.2) is 55.9 Å². The second-order valence-electron chi connectivity index (χ2n) is 14.3. The van der Waals surface area contributed by atoms with Crippen LogP contribution in [0.5, 0.6) is 0 Å². The van der Waals surface area contributed by atoms with E-state index in [0.717, 1.165) is 38.5 Å². The molecule has 4 N–H and O–H groups in total. The number of carbonyl (C=O) groups excluding carboxylic acids is 2. The third-order valence-electron chi connectivity index (χ3n) is 9.30. The van der Waals surface area contributed by atoms with Crippen LogP contribution >= 0.6 is 0 Å². The van der Waals surface area contributed by atoms with Gasteiger partial charge in [-0.1, -0.05) is 161 Å². The summed E-state index contributed by atoms with van der Waals surface area (Å²) in [6.07, 6.45) is 40.0. The second kappa shape index (κ2) is 36.2. The molecule has 0 spiro atoms. The molecule has 48 heavy (non-hydrogen) atoms. The van der Waals surface area contributed by atoms with E-state index in [2.05, 4.69) is 41.6 Å². The van der Waals surface area contributed by atoms with Gasteiger partial charge in [0.05, 0.1) is 0 Å². The zero-order chi connectivity index (χ0) is 35.3. The number of nitrogens with two attached hydrogens (primary N) is 1. The Morgan fingerprint density at radius 3 is 1.50 bits per heavy atom. The normalized spacial score (nSPS) is 12.5. The fraction of sp³-hybridized carbons (Fsp3) is 0.878. The highest BCUT2D eigenvalue weighted by atomic mass is 16.2. The van der Waals surface area contributed by atoms with Crippen LogP contribution in [0.1, 0.15) is 200 Å². The van der Waals surface area contributed by atoms with Gasteiger partial charge in [0.15, 0.2) is 5.96 Å². The molecular weight excluding hydrogens is 594 g/mol. The van der Waals surface area contributed by atoms with Gasteiger partial charge in [-0.15, -0.1) is 0 Å². The molecule has 0 saturated carbocycles. The van der Waals surface area contributed by atoms with Crippen LogP contribution in [0, 0.1) is 0 Å². The van der Waals surface area contributed by atoms with Crippen LogP contribution in [-0.2, 0) is 9.59 Å². The molecule has 0 aliphatic heterocycles. The molecule has 2 amide bonds. The summed E-state index contributed by atoms with van der Waals surface area (Å²) < 4.78 is 0. The third kappa shape index (κ3) is 32.5. The van der Waals surface area contributed by atoms with Gasteiger partial charge in [0.2, 0.25) is 11.8 Å². The Labute approximate surface area is 298 Å². The lowest BCUT2D eigenvalue weighted by molar-refractivity contribution is -0.129. The van der Waals surface area contributed by atoms with E-state index >= 15 is 0 Å². The highest BCUT2D eigenvalue weighted by Gasteiger charge is 2.20. The van der Waals surface area contributed by atoms with Crippen molar-refractivity contribution >= 4 is 17.8 Å². The molecule has 0 heterocycles. The predicted octanol–water partition coefficient (Wildman–Crippen LogP) is 10.4. The maximum Gasteiger partial charge on any atom is 0.242 e. The fourth-order valence-corrected chi connectivity index (χ4v) is 6.00. The number of aliphatic imine (C=N–C) groups is 1. The predicted molar refractivity (Wildman–Crippen MR) is 209 cm³/mol. The summed E-state index contributed by atoms with van der Waals surface area (Å²) in [4.78, 5) is 31.9. The molecule has 0 aromatic heterocycles. The van der Waals surface area contributed by atoms with Crippen LogP contribution in [0.3, 0.4) is 0 Å². The Bertz CT molecular complexity index is 783. The maximum absolute atomic E-state index is 13.0. The topological polar surface area (TPSA) is 99.8 Å². The molecular formula is C41H81N5O2. The number of nitrogens with one attached hydrogen (secondary N) is 2. The van der Waals surface area contributed by atoms with Gasteiger partial charge < -0.3 is 21.3 Å². The number of unbranched alkanes of at least 4 members (excludes halogenated alkanes) is 24. The van der Waals surface area contributed by atoms with E-state index < -0.39 is 6.04 Å². The van der Waals surface area contributed by atoms with E-state index in [4.69, 9.17) is 5.73 Å². The van der Waals surface area contributed by atoms with Gasteiger partial charge in [0, 0.05) is 33.6 Å². The highest BCUT2D eigenvalue weighted by molar-refractivity contribution is 5.87. The van der Waals surface area contributed by atoms with Gasteiger partial charge in [0.1, 0.15) is 6.04 Å². The Hall–Kier alpha value is -2.05. The van der Waals surface area contributed by atoms with Crippen molar-refractivity contribution in [1.29, 1.82) is 0 Å². The molecule has 282 valence electrons. The molecule has 0 aliphatic carbocycles. The first kappa shape index (κ1) is 46.0. The first-order chi connectivity index (χ1) is 23.4. The third-order valence-corrected chi connectivity index (χ3v) is 9.30. The summed E-state index contributed by atoms with van der Waals surface area (Å²) >= 11 is 0. The summed E-state index contributed by atoms with van der Waals surface area (Å²) in [5.74, 6) is 0.270. The van der Waals surface area contributed by atoms with E-state index in [0.29, 0.717) is 31.9 Å². The summed E-state index contributed by atoms with van der Waals surface area (Å²) in [5.41, 5.74) is 5.93. The van der Waals surface area contributed by atoms with E-state index in [1.807, 2.05) is 14.1 Å². The molecule has 0 aromatic rings. The minimum Gasteiger partial charge on any atom is -0.370 e. The lowest BCUT2D eigenvalue weighted by atomic mass is 10.0. The molecule has 7 heteroatoms. The number of allylic oxidation sites excluding steroid dienone is 2. The van der Waals surface area contributed by atoms with Crippen LogP contribution in [0.25, 0.3) is 0 Å². The molecule has 0 radical (unpaired) electrons. The van der Waals surface area contributed by atoms with Gasteiger partial charge in [-0.05, 0) is 44.9 Å². The van der Waals surface area contributed by atoms with Crippen molar-refractivity contribution in [3.05, 3.63) is 12.2 Å². The Kier molecular flexibility index (Phi) is 34.7. The monoisotopic (exact) mass is 676 g/mol. The molecule has 0 saturated heterocycles.